The highest BCUT2D eigenvalue weighted by atomic mass is 79.9. The standard InChI is InChI=1S/C11H14BrN3OS/c1-7(14-15-11(17)13-2)8-4-5-10(16-3)9(12)6-8/h4-6H,1-3H3,(H2,13,15,17)/b14-7-. The van der Waals surface area contributed by atoms with E-state index in [1.54, 1.807) is 14.2 Å². The molecule has 0 unspecified atom stereocenters. The van der Waals surface area contributed by atoms with Crippen LogP contribution in [-0.2, 0) is 0 Å². The van der Waals surface area contributed by atoms with Gasteiger partial charge in [0.15, 0.2) is 5.11 Å². The molecule has 0 fully saturated rings. The van der Waals surface area contributed by atoms with Gasteiger partial charge in [-0.05, 0) is 58.8 Å². The minimum absolute atomic E-state index is 0.483. The van der Waals surface area contributed by atoms with Gasteiger partial charge in [0.05, 0.1) is 17.3 Å². The summed E-state index contributed by atoms with van der Waals surface area (Å²) < 4.78 is 6.05. The van der Waals surface area contributed by atoms with Crippen LogP contribution in [0.2, 0.25) is 0 Å². The molecule has 4 nitrogen and oxygen atoms in total. The molecule has 0 saturated heterocycles. The molecule has 1 rings (SSSR count). The first-order valence-electron chi connectivity index (χ1n) is 4.94. The van der Waals surface area contributed by atoms with Crippen molar-refractivity contribution in [2.24, 2.45) is 5.10 Å². The topological polar surface area (TPSA) is 45.7 Å². The van der Waals surface area contributed by atoms with Crippen molar-refractivity contribution in [2.75, 3.05) is 14.2 Å². The zero-order valence-corrected chi connectivity index (χ0v) is 12.3. The van der Waals surface area contributed by atoms with Gasteiger partial charge >= 0.3 is 0 Å². The first kappa shape index (κ1) is 13.9. The largest absolute Gasteiger partial charge is 0.496 e. The van der Waals surface area contributed by atoms with Crippen molar-refractivity contribution in [3.05, 3.63) is 28.2 Å². The van der Waals surface area contributed by atoms with E-state index >= 15 is 0 Å². The summed E-state index contributed by atoms with van der Waals surface area (Å²) in [5.41, 5.74) is 4.57. The normalized spacial score (nSPS) is 10.9. The summed E-state index contributed by atoms with van der Waals surface area (Å²) in [4.78, 5) is 0. The van der Waals surface area contributed by atoms with E-state index in [2.05, 4.69) is 31.8 Å². The Morgan fingerprint density at radius 2 is 2.18 bits per heavy atom. The number of methoxy groups -OCH3 is 1. The summed E-state index contributed by atoms with van der Waals surface area (Å²) in [5, 5.41) is 7.43. The molecule has 0 spiro atoms. The Labute approximate surface area is 115 Å². The molecule has 0 saturated carbocycles. The Balaban J connectivity index is 2.85. The van der Waals surface area contributed by atoms with Gasteiger partial charge < -0.3 is 10.1 Å². The van der Waals surface area contributed by atoms with Crippen LogP contribution in [0.1, 0.15) is 12.5 Å². The number of halogens is 1. The predicted octanol–water partition coefficient (Wildman–Crippen LogP) is 2.28. The number of hydrogen-bond donors (Lipinski definition) is 2. The Morgan fingerprint density at radius 3 is 2.71 bits per heavy atom. The van der Waals surface area contributed by atoms with Gasteiger partial charge in [0.2, 0.25) is 0 Å². The fraction of sp³-hybridized carbons (Fsp3) is 0.273. The van der Waals surface area contributed by atoms with E-state index in [-0.39, 0.29) is 0 Å². The maximum absolute atomic E-state index is 5.16. The summed E-state index contributed by atoms with van der Waals surface area (Å²) in [7, 11) is 3.37. The first-order chi connectivity index (χ1) is 8.08. The molecule has 0 heterocycles. The van der Waals surface area contributed by atoms with Crippen molar-refractivity contribution in [2.45, 2.75) is 6.92 Å². The third-order valence-corrected chi connectivity index (χ3v) is 3.04. The second-order valence-corrected chi connectivity index (χ2v) is 4.50. The fourth-order valence-electron chi connectivity index (χ4n) is 1.15. The average molecular weight is 316 g/mol. The molecule has 92 valence electrons. The number of nitrogens with zero attached hydrogens (tertiary/aromatic N) is 1. The van der Waals surface area contributed by atoms with Crippen LogP contribution in [-0.4, -0.2) is 25.0 Å². The Morgan fingerprint density at radius 1 is 1.47 bits per heavy atom. The third-order valence-electron chi connectivity index (χ3n) is 2.12. The summed E-state index contributed by atoms with van der Waals surface area (Å²) in [5.74, 6) is 0.792. The summed E-state index contributed by atoms with van der Waals surface area (Å²) in [6, 6.07) is 5.77. The molecule has 0 aromatic heterocycles. The van der Waals surface area contributed by atoms with Crippen LogP contribution in [0.4, 0.5) is 0 Å². The number of hydrazone groups is 1. The van der Waals surface area contributed by atoms with Crippen molar-refractivity contribution < 1.29 is 4.74 Å². The highest BCUT2D eigenvalue weighted by Crippen LogP contribution is 2.25. The highest BCUT2D eigenvalue weighted by molar-refractivity contribution is 9.10. The average Bonchev–Trinajstić information content (AvgIpc) is 2.35. The van der Waals surface area contributed by atoms with Crippen molar-refractivity contribution in [1.29, 1.82) is 0 Å². The molecule has 0 aliphatic rings. The maximum atomic E-state index is 5.16. The van der Waals surface area contributed by atoms with Gasteiger partial charge in [0, 0.05) is 7.05 Å². The van der Waals surface area contributed by atoms with Crippen LogP contribution >= 0.6 is 28.1 Å². The van der Waals surface area contributed by atoms with Crippen LogP contribution in [0.3, 0.4) is 0 Å². The minimum atomic E-state index is 0.483. The number of nitrogens with one attached hydrogen (secondary N) is 2. The van der Waals surface area contributed by atoms with E-state index < -0.39 is 0 Å². The van der Waals surface area contributed by atoms with Gasteiger partial charge in [-0.3, -0.25) is 5.43 Å². The molecule has 0 atom stereocenters. The number of hydrogen-bond acceptors (Lipinski definition) is 3. The van der Waals surface area contributed by atoms with Gasteiger partial charge in [-0.2, -0.15) is 5.10 Å². The fourth-order valence-corrected chi connectivity index (χ4v) is 1.73. The maximum Gasteiger partial charge on any atom is 0.186 e. The quantitative estimate of drug-likeness (QED) is 0.510. The molecule has 1 aromatic carbocycles. The predicted molar refractivity (Wildman–Crippen MR) is 77.7 cm³/mol. The van der Waals surface area contributed by atoms with Gasteiger partial charge in [-0.15, -0.1) is 0 Å². The van der Waals surface area contributed by atoms with Crippen molar-refractivity contribution in [3.63, 3.8) is 0 Å². The van der Waals surface area contributed by atoms with Crippen LogP contribution in [0.25, 0.3) is 0 Å². The third kappa shape index (κ3) is 3.98. The van der Waals surface area contributed by atoms with E-state index in [4.69, 9.17) is 17.0 Å². The van der Waals surface area contributed by atoms with Crippen LogP contribution < -0.4 is 15.5 Å². The number of benzene rings is 1. The van der Waals surface area contributed by atoms with Crippen molar-refractivity contribution in [1.82, 2.24) is 10.7 Å². The lowest BCUT2D eigenvalue weighted by atomic mass is 10.1. The number of thiocarbonyl (C=S) groups is 1. The molecular formula is C11H14BrN3OS. The monoisotopic (exact) mass is 315 g/mol. The molecule has 0 aliphatic heterocycles. The highest BCUT2D eigenvalue weighted by Gasteiger charge is 2.03. The van der Waals surface area contributed by atoms with Crippen LogP contribution in [0, 0.1) is 0 Å². The van der Waals surface area contributed by atoms with Gasteiger partial charge in [0.1, 0.15) is 5.75 Å². The summed E-state index contributed by atoms with van der Waals surface area (Å²) >= 11 is 8.36. The van der Waals surface area contributed by atoms with Crippen molar-refractivity contribution >= 4 is 39.0 Å². The molecule has 0 radical (unpaired) electrons. The molecule has 2 N–H and O–H groups in total. The first-order valence-corrected chi connectivity index (χ1v) is 6.14. The van der Waals surface area contributed by atoms with E-state index in [1.807, 2.05) is 25.1 Å². The molecule has 0 amide bonds. The van der Waals surface area contributed by atoms with E-state index in [1.165, 1.54) is 0 Å². The second kappa shape index (κ2) is 6.56. The van der Waals surface area contributed by atoms with Crippen molar-refractivity contribution in [3.8, 4) is 5.75 Å². The Bertz CT molecular complexity index is 448. The van der Waals surface area contributed by atoms with Gasteiger partial charge in [-0.25, -0.2) is 0 Å². The Kier molecular flexibility index (Phi) is 5.37. The van der Waals surface area contributed by atoms with Gasteiger partial charge in [0.25, 0.3) is 0 Å². The minimum Gasteiger partial charge on any atom is -0.496 e. The van der Waals surface area contributed by atoms with E-state index in [0.717, 1.165) is 21.5 Å². The van der Waals surface area contributed by atoms with E-state index in [9.17, 15) is 0 Å². The zero-order chi connectivity index (χ0) is 12.8. The number of rotatable bonds is 3. The second-order valence-electron chi connectivity index (χ2n) is 3.24. The Hall–Kier alpha value is -1.14. The van der Waals surface area contributed by atoms with Crippen LogP contribution in [0.15, 0.2) is 27.8 Å². The molecule has 0 aliphatic carbocycles. The summed E-state index contributed by atoms with van der Waals surface area (Å²) in [6.07, 6.45) is 0. The lowest BCUT2D eigenvalue weighted by Crippen LogP contribution is -2.29. The zero-order valence-electron chi connectivity index (χ0n) is 9.87. The SMILES string of the molecule is CNC(=S)N/N=C(/C)c1ccc(OC)c(Br)c1. The molecular weight excluding hydrogens is 302 g/mol. The number of ether oxygens (including phenoxy) is 1. The summed E-state index contributed by atoms with van der Waals surface area (Å²) in [6.45, 7) is 1.90. The smallest absolute Gasteiger partial charge is 0.186 e. The lowest BCUT2D eigenvalue weighted by Gasteiger charge is -2.07. The molecule has 6 heteroatoms. The van der Waals surface area contributed by atoms with E-state index in [0.29, 0.717) is 5.11 Å². The molecule has 1 aromatic rings. The van der Waals surface area contributed by atoms with Gasteiger partial charge in [-0.1, -0.05) is 0 Å². The lowest BCUT2D eigenvalue weighted by molar-refractivity contribution is 0.412. The van der Waals surface area contributed by atoms with Crippen LogP contribution in [0.5, 0.6) is 5.75 Å². The molecule has 0 bridgehead atoms. The molecule has 17 heavy (non-hydrogen) atoms.